The summed E-state index contributed by atoms with van der Waals surface area (Å²) in [7, 11) is 3.45. The number of halogens is 1. The molecule has 0 saturated heterocycles. The third-order valence-electron chi connectivity index (χ3n) is 2.79. The molecule has 0 amide bonds. The van der Waals surface area contributed by atoms with Crippen LogP contribution in [0.1, 0.15) is 11.6 Å². The monoisotopic (exact) mass is 264 g/mol. The van der Waals surface area contributed by atoms with E-state index in [4.69, 9.17) is 11.6 Å². The summed E-state index contributed by atoms with van der Waals surface area (Å²) in [5, 5.41) is 10.7. The molecular weight excluding hydrogens is 252 g/mol. The second-order valence-electron chi connectivity index (χ2n) is 4.24. The maximum Gasteiger partial charge on any atom is 0.325 e. The van der Waals surface area contributed by atoms with Gasteiger partial charge in [0.05, 0.1) is 5.52 Å². The molecule has 4 nitrogen and oxygen atoms in total. The first kappa shape index (κ1) is 12.8. The Morgan fingerprint density at radius 3 is 2.72 bits per heavy atom. The molecule has 0 fully saturated rings. The highest BCUT2D eigenvalue weighted by Crippen LogP contribution is 2.30. The van der Waals surface area contributed by atoms with Crippen molar-refractivity contribution in [3.63, 3.8) is 0 Å². The predicted octanol–water partition coefficient (Wildman–Crippen LogP) is 2.58. The van der Waals surface area contributed by atoms with E-state index in [2.05, 4.69) is 4.98 Å². The number of pyridine rings is 1. The molecule has 1 atom stereocenters. The number of hydrogen-bond donors (Lipinski definition) is 1. The number of benzene rings is 1. The maximum absolute atomic E-state index is 11.4. The zero-order chi connectivity index (χ0) is 13.3. The highest BCUT2D eigenvalue weighted by molar-refractivity contribution is 6.35. The first-order valence-electron chi connectivity index (χ1n) is 5.44. The van der Waals surface area contributed by atoms with Crippen LogP contribution in [0, 0.1) is 0 Å². The Hall–Kier alpha value is -1.65. The van der Waals surface area contributed by atoms with Crippen molar-refractivity contribution in [3.8, 4) is 0 Å². The van der Waals surface area contributed by atoms with Gasteiger partial charge in [-0.1, -0.05) is 17.7 Å². The molecule has 0 aliphatic rings. The Morgan fingerprint density at radius 2 is 2.11 bits per heavy atom. The van der Waals surface area contributed by atoms with Crippen LogP contribution >= 0.6 is 11.6 Å². The minimum Gasteiger partial charge on any atom is -0.480 e. The second kappa shape index (κ2) is 4.92. The van der Waals surface area contributed by atoms with Gasteiger partial charge in [0, 0.05) is 22.2 Å². The van der Waals surface area contributed by atoms with Crippen LogP contribution in [-0.4, -0.2) is 35.1 Å². The fraction of sp³-hybridized carbons (Fsp3) is 0.231. The molecule has 18 heavy (non-hydrogen) atoms. The zero-order valence-corrected chi connectivity index (χ0v) is 10.8. The van der Waals surface area contributed by atoms with Gasteiger partial charge in [-0.15, -0.1) is 0 Å². The van der Waals surface area contributed by atoms with E-state index in [0.29, 0.717) is 16.1 Å². The lowest BCUT2D eigenvalue weighted by molar-refractivity contribution is -0.142. The summed E-state index contributed by atoms with van der Waals surface area (Å²) in [6.45, 7) is 0. The number of aromatic nitrogens is 1. The van der Waals surface area contributed by atoms with Crippen LogP contribution in [0.25, 0.3) is 10.9 Å². The largest absolute Gasteiger partial charge is 0.480 e. The van der Waals surface area contributed by atoms with Gasteiger partial charge in [0.25, 0.3) is 0 Å². The lowest BCUT2D eigenvalue weighted by Gasteiger charge is -2.21. The Morgan fingerprint density at radius 1 is 1.39 bits per heavy atom. The van der Waals surface area contributed by atoms with Gasteiger partial charge in [-0.25, -0.2) is 0 Å². The fourth-order valence-electron chi connectivity index (χ4n) is 2.01. The quantitative estimate of drug-likeness (QED) is 0.926. The van der Waals surface area contributed by atoms with Crippen molar-refractivity contribution in [2.24, 2.45) is 0 Å². The normalized spacial score (nSPS) is 12.9. The van der Waals surface area contributed by atoms with Crippen LogP contribution in [0.5, 0.6) is 0 Å². The molecule has 1 aromatic heterocycles. The van der Waals surface area contributed by atoms with Gasteiger partial charge in [0.2, 0.25) is 0 Å². The summed E-state index contributed by atoms with van der Waals surface area (Å²) in [5.74, 6) is -0.908. The Kier molecular flexibility index (Phi) is 3.50. The molecule has 1 N–H and O–H groups in total. The molecule has 5 heteroatoms. The van der Waals surface area contributed by atoms with Crippen LogP contribution in [0.2, 0.25) is 5.02 Å². The summed E-state index contributed by atoms with van der Waals surface area (Å²) in [5.41, 5.74) is 1.28. The van der Waals surface area contributed by atoms with Crippen molar-refractivity contribution in [3.05, 3.63) is 41.0 Å². The standard InChI is InChI=1S/C13H13ClN2O2/c1-16(2)12(13(17)18)9-5-6-10(14)8-4-3-7-15-11(8)9/h3-7,12H,1-2H3,(H,17,18). The smallest absolute Gasteiger partial charge is 0.325 e. The van der Waals surface area contributed by atoms with Crippen LogP contribution in [0.3, 0.4) is 0 Å². The van der Waals surface area contributed by atoms with E-state index in [1.807, 2.05) is 6.07 Å². The average Bonchev–Trinajstić information content (AvgIpc) is 2.32. The molecular formula is C13H13ClN2O2. The Balaban J connectivity index is 2.71. The average molecular weight is 265 g/mol. The van der Waals surface area contributed by atoms with E-state index in [9.17, 15) is 9.90 Å². The number of nitrogens with zero attached hydrogens (tertiary/aromatic N) is 2. The molecule has 1 aromatic carbocycles. The molecule has 0 saturated carbocycles. The van der Waals surface area contributed by atoms with Crippen LogP contribution in [-0.2, 0) is 4.79 Å². The number of hydrogen-bond acceptors (Lipinski definition) is 3. The predicted molar refractivity (Wildman–Crippen MR) is 70.8 cm³/mol. The zero-order valence-electron chi connectivity index (χ0n) is 10.1. The van der Waals surface area contributed by atoms with Gasteiger partial charge in [-0.05, 0) is 32.3 Å². The van der Waals surface area contributed by atoms with Gasteiger partial charge in [0.1, 0.15) is 6.04 Å². The number of aliphatic carboxylic acids is 1. The first-order chi connectivity index (χ1) is 8.52. The van der Waals surface area contributed by atoms with Crippen LogP contribution in [0.15, 0.2) is 30.5 Å². The van der Waals surface area contributed by atoms with Crippen molar-refractivity contribution < 1.29 is 9.90 Å². The molecule has 0 aliphatic heterocycles. The van der Waals surface area contributed by atoms with Crippen molar-refractivity contribution in [2.45, 2.75) is 6.04 Å². The minimum atomic E-state index is -0.908. The van der Waals surface area contributed by atoms with Crippen LogP contribution in [0.4, 0.5) is 0 Å². The van der Waals surface area contributed by atoms with Crippen molar-refractivity contribution in [1.29, 1.82) is 0 Å². The molecule has 0 bridgehead atoms. The molecule has 0 spiro atoms. The highest BCUT2D eigenvalue weighted by Gasteiger charge is 2.25. The van der Waals surface area contributed by atoms with Crippen molar-refractivity contribution in [2.75, 3.05) is 14.1 Å². The first-order valence-corrected chi connectivity index (χ1v) is 5.82. The third-order valence-corrected chi connectivity index (χ3v) is 3.12. The SMILES string of the molecule is CN(C)C(C(=O)O)c1ccc(Cl)c2cccnc12. The molecule has 0 radical (unpaired) electrons. The van der Waals surface area contributed by atoms with Gasteiger partial charge in [-0.2, -0.15) is 0 Å². The minimum absolute atomic E-state index is 0.574. The Labute approximate surface area is 110 Å². The Bertz CT molecular complexity index is 599. The molecule has 1 heterocycles. The molecule has 2 aromatic rings. The molecule has 0 aliphatic carbocycles. The summed E-state index contributed by atoms with van der Waals surface area (Å²) >= 11 is 6.09. The number of likely N-dealkylation sites (N-methyl/N-ethyl adjacent to an activating group) is 1. The van der Waals surface area contributed by atoms with E-state index in [1.165, 1.54) is 0 Å². The summed E-state index contributed by atoms with van der Waals surface area (Å²) in [4.78, 5) is 17.3. The fourth-order valence-corrected chi connectivity index (χ4v) is 2.23. The van der Waals surface area contributed by atoms with Crippen LogP contribution < -0.4 is 0 Å². The number of carboxylic acid groups (broad SMARTS) is 1. The maximum atomic E-state index is 11.4. The number of rotatable bonds is 3. The molecule has 2 rings (SSSR count). The summed E-state index contributed by atoms with van der Waals surface area (Å²) in [6, 6.07) is 6.31. The lowest BCUT2D eigenvalue weighted by atomic mass is 10.0. The second-order valence-corrected chi connectivity index (χ2v) is 4.65. The number of carbonyl (C=O) groups is 1. The van der Waals surface area contributed by atoms with E-state index in [-0.39, 0.29) is 0 Å². The van der Waals surface area contributed by atoms with E-state index < -0.39 is 12.0 Å². The van der Waals surface area contributed by atoms with E-state index >= 15 is 0 Å². The van der Waals surface area contributed by atoms with E-state index in [0.717, 1.165) is 5.39 Å². The van der Waals surface area contributed by atoms with Gasteiger partial charge < -0.3 is 5.11 Å². The number of fused-ring (bicyclic) bond motifs is 1. The molecule has 1 unspecified atom stereocenters. The van der Waals surface area contributed by atoms with E-state index in [1.54, 1.807) is 43.4 Å². The summed E-state index contributed by atoms with van der Waals surface area (Å²) in [6.07, 6.45) is 1.64. The number of carboxylic acids is 1. The lowest BCUT2D eigenvalue weighted by Crippen LogP contribution is -2.27. The van der Waals surface area contributed by atoms with Gasteiger partial charge in [0.15, 0.2) is 0 Å². The summed E-state index contributed by atoms with van der Waals surface area (Å²) < 4.78 is 0. The topological polar surface area (TPSA) is 53.4 Å². The molecule has 94 valence electrons. The van der Waals surface area contributed by atoms with Crippen molar-refractivity contribution in [1.82, 2.24) is 9.88 Å². The third kappa shape index (κ3) is 2.17. The van der Waals surface area contributed by atoms with Crippen molar-refractivity contribution >= 4 is 28.5 Å². The highest BCUT2D eigenvalue weighted by atomic mass is 35.5. The van der Waals surface area contributed by atoms with Gasteiger partial charge in [-0.3, -0.25) is 14.7 Å². The van der Waals surface area contributed by atoms with Gasteiger partial charge >= 0.3 is 5.97 Å².